The molecule has 2 aromatic rings. The molecular weight excluding hydrogens is 479 g/mol. The minimum atomic E-state index is 0. The Morgan fingerprint density at radius 1 is 1.07 bits per heavy atom. The Kier molecular flexibility index (Phi) is 7.57. The molecule has 1 aliphatic heterocycles. The Hall–Kier alpha value is -2.03. The van der Waals surface area contributed by atoms with Gasteiger partial charge in [-0.3, -0.25) is 9.98 Å². The zero-order chi connectivity index (χ0) is 19.2. The second-order valence-corrected chi connectivity index (χ2v) is 7.45. The number of aromatic nitrogens is 1. The van der Waals surface area contributed by atoms with E-state index in [1.54, 1.807) is 7.05 Å². The van der Waals surface area contributed by atoms with Gasteiger partial charge in [0, 0.05) is 25.2 Å². The molecule has 6 nitrogen and oxygen atoms in total. The van der Waals surface area contributed by atoms with Crippen LogP contribution in [0.4, 0.5) is 0 Å². The Bertz CT molecular complexity index is 823. The van der Waals surface area contributed by atoms with E-state index in [1.807, 2.05) is 24.4 Å². The number of nitrogens with one attached hydrogen (secondary N) is 2. The SMILES string of the molecule is CN=C(NCc1ccccn1)NCC1(c2ccc3c(c2)OCCO3)CCCC1.I. The van der Waals surface area contributed by atoms with Gasteiger partial charge in [-0.1, -0.05) is 25.0 Å². The Morgan fingerprint density at radius 2 is 1.86 bits per heavy atom. The third kappa shape index (κ3) is 5.12. The van der Waals surface area contributed by atoms with Crippen molar-refractivity contribution in [2.24, 2.45) is 4.99 Å². The van der Waals surface area contributed by atoms with Gasteiger partial charge in [-0.25, -0.2) is 0 Å². The van der Waals surface area contributed by atoms with Gasteiger partial charge in [0.05, 0.1) is 12.2 Å². The molecule has 0 amide bonds. The lowest BCUT2D eigenvalue weighted by atomic mass is 9.78. The van der Waals surface area contributed by atoms with Gasteiger partial charge in [0.2, 0.25) is 0 Å². The number of ether oxygens (including phenoxy) is 2. The highest BCUT2D eigenvalue weighted by Crippen LogP contribution is 2.43. The quantitative estimate of drug-likeness (QED) is 0.367. The number of hydrogen-bond acceptors (Lipinski definition) is 4. The van der Waals surface area contributed by atoms with Crippen LogP contribution in [0.1, 0.15) is 36.9 Å². The van der Waals surface area contributed by atoms with E-state index < -0.39 is 0 Å². The van der Waals surface area contributed by atoms with E-state index in [0.29, 0.717) is 19.8 Å². The van der Waals surface area contributed by atoms with Crippen molar-refractivity contribution in [1.29, 1.82) is 0 Å². The first-order chi connectivity index (χ1) is 13.8. The molecule has 0 radical (unpaired) electrons. The van der Waals surface area contributed by atoms with Gasteiger partial charge in [-0.05, 0) is 42.7 Å². The molecule has 156 valence electrons. The minimum absolute atomic E-state index is 0. The van der Waals surface area contributed by atoms with Crippen molar-refractivity contribution in [1.82, 2.24) is 15.6 Å². The summed E-state index contributed by atoms with van der Waals surface area (Å²) in [6.45, 7) is 2.73. The zero-order valence-electron chi connectivity index (χ0n) is 16.8. The van der Waals surface area contributed by atoms with Gasteiger partial charge in [-0.15, -0.1) is 24.0 Å². The highest BCUT2D eigenvalue weighted by atomic mass is 127. The van der Waals surface area contributed by atoms with Crippen LogP contribution in [0.2, 0.25) is 0 Å². The average Bonchev–Trinajstić information content (AvgIpc) is 3.24. The lowest BCUT2D eigenvalue weighted by Crippen LogP contribution is -2.44. The summed E-state index contributed by atoms with van der Waals surface area (Å²) in [5.74, 6) is 2.52. The van der Waals surface area contributed by atoms with Crippen molar-refractivity contribution < 1.29 is 9.47 Å². The van der Waals surface area contributed by atoms with Crippen LogP contribution < -0.4 is 20.1 Å². The first-order valence-electron chi connectivity index (χ1n) is 10.0. The largest absolute Gasteiger partial charge is 0.486 e. The first kappa shape index (κ1) is 21.7. The maximum Gasteiger partial charge on any atom is 0.191 e. The number of hydrogen-bond donors (Lipinski definition) is 2. The molecule has 0 saturated heterocycles. The summed E-state index contributed by atoms with van der Waals surface area (Å²) in [7, 11) is 1.80. The maximum absolute atomic E-state index is 5.81. The molecule has 2 heterocycles. The number of benzene rings is 1. The van der Waals surface area contributed by atoms with Crippen LogP contribution in [0.5, 0.6) is 11.5 Å². The van der Waals surface area contributed by atoms with E-state index in [9.17, 15) is 0 Å². The van der Waals surface area contributed by atoms with Crippen LogP contribution in [0.15, 0.2) is 47.6 Å². The van der Waals surface area contributed by atoms with E-state index in [-0.39, 0.29) is 29.4 Å². The third-order valence-electron chi connectivity index (χ3n) is 5.70. The number of fused-ring (bicyclic) bond motifs is 1. The molecule has 0 unspecified atom stereocenters. The van der Waals surface area contributed by atoms with E-state index >= 15 is 0 Å². The highest BCUT2D eigenvalue weighted by molar-refractivity contribution is 14.0. The molecule has 0 spiro atoms. The number of guanidine groups is 1. The molecule has 0 atom stereocenters. The summed E-state index contributed by atoms with van der Waals surface area (Å²) < 4.78 is 11.5. The molecule has 2 N–H and O–H groups in total. The smallest absolute Gasteiger partial charge is 0.191 e. The van der Waals surface area contributed by atoms with Crippen molar-refractivity contribution >= 4 is 29.9 Å². The summed E-state index contributed by atoms with van der Waals surface area (Å²) in [4.78, 5) is 8.73. The van der Waals surface area contributed by atoms with Crippen LogP contribution in [0, 0.1) is 0 Å². The van der Waals surface area contributed by atoms with Crippen LogP contribution in [0.25, 0.3) is 0 Å². The fraction of sp³-hybridized carbons (Fsp3) is 0.455. The lowest BCUT2D eigenvalue weighted by Gasteiger charge is -2.32. The molecule has 1 fully saturated rings. The molecule has 29 heavy (non-hydrogen) atoms. The van der Waals surface area contributed by atoms with E-state index in [2.05, 4.69) is 38.8 Å². The van der Waals surface area contributed by atoms with E-state index in [1.165, 1.54) is 18.4 Å². The molecule has 1 aromatic carbocycles. The van der Waals surface area contributed by atoms with Crippen LogP contribution in [-0.4, -0.2) is 37.7 Å². The molecule has 2 aliphatic rings. The number of halogens is 1. The topological polar surface area (TPSA) is 67.8 Å². The molecule has 1 aromatic heterocycles. The van der Waals surface area contributed by atoms with Gasteiger partial charge in [0.1, 0.15) is 13.2 Å². The van der Waals surface area contributed by atoms with Crippen molar-refractivity contribution in [3.05, 3.63) is 53.9 Å². The second-order valence-electron chi connectivity index (χ2n) is 7.45. The van der Waals surface area contributed by atoms with Crippen molar-refractivity contribution in [2.45, 2.75) is 37.6 Å². The Labute approximate surface area is 189 Å². The number of aliphatic imine (C=N–C) groups is 1. The number of pyridine rings is 1. The molecule has 0 bridgehead atoms. The second kappa shape index (κ2) is 10.1. The number of nitrogens with zero attached hydrogens (tertiary/aromatic N) is 2. The monoisotopic (exact) mass is 508 g/mol. The molecular formula is C22H29IN4O2. The summed E-state index contributed by atoms with van der Waals surface area (Å²) in [5.41, 5.74) is 2.41. The molecule has 1 saturated carbocycles. The standard InChI is InChI=1S/C22H28N4O2.HI/c1-23-21(25-15-18-6-2-5-11-24-18)26-16-22(9-3-4-10-22)17-7-8-19-20(14-17)28-13-12-27-19;/h2,5-8,11,14H,3-4,9-10,12-13,15-16H2,1H3,(H2,23,25,26);1H. The van der Waals surface area contributed by atoms with Crippen LogP contribution in [-0.2, 0) is 12.0 Å². The third-order valence-corrected chi connectivity index (χ3v) is 5.70. The molecule has 7 heteroatoms. The fourth-order valence-corrected chi connectivity index (χ4v) is 4.14. The maximum atomic E-state index is 5.81. The summed E-state index contributed by atoms with van der Waals surface area (Å²) in [6, 6.07) is 12.4. The van der Waals surface area contributed by atoms with Gasteiger partial charge in [-0.2, -0.15) is 0 Å². The molecule has 4 rings (SSSR count). The van der Waals surface area contributed by atoms with Crippen LogP contribution >= 0.6 is 24.0 Å². The highest BCUT2D eigenvalue weighted by Gasteiger charge is 2.36. The lowest BCUT2D eigenvalue weighted by molar-refractivity contribution is 0.171. The summed E-state index contributed by atoms with van der Waals surface area (Å²) >= 11 is 0. The first-order valence-corrected chi connectivity index (χ1v) is 10.0. The van der Waals surface area contributed by atoms with E-state index in [0.717, 1.165) is 42.5 Å². The predicted octanol–water partition coefficient (Wildman–Crippen LogP) is 3.65. The number of rotatable bonds is 5. The molecule has 1 aliphatic carbocycles. The van der Waals surface area contributed by atoms with Gasteiger partial charge in [0.25, 0.3) is 0 Å². The normalized spacial score (nSPS) is 17.3. The van der Waals surface area contributed by atoms with Crippen LogP contribution in [0.3, 0.4) is 0 Å². The van der Waals surface area contributed by atoms with Crippen molar-refractivity contribution in [2.75, 3.05) is 26.8 Å². The summed E-state index contributed by atoms with van der Waals surface area (Å²) in [5, 5.41) is 6.90. The zero-order valence-corrected chi connectivity index (χ0v) is 19.1. The van der Waals surface area contributed by atoms with Crippen molar-refractivity contribution in [3.63, 3.8) is 0 Å². The Balaban J connectivity index is 0.00000240. The average molecular weight is 508 g/mol. The predicted molar refractivity (Wildman–Crippen MR) is 125 cm³/mol. The van der Waals surface area contributed by atoms with Crippen molar-refractivity contribution in [3.8, 4) is 11.5 Å². The van der Waals surface area contributed by atoms with Gasteiger partial charge < -0.3 is 20.1 Å². The minimum Gasteiger partial charge on any atom is -0.486 e. The Morgan fingerprint density at radius 3 is 2.59 bits per heavy atom. The fourth-order valence-electron chi connectivity index (χ4n) is 4.14. The van der Waals surface area contributed by atoms with Gasteiger partial charge >= 0.3 is 0 Å². The summed E-state index contributed by atoms with van der Waals surface area (Å²) in [6.07, 6.45) is 6.63. The van der Waals surface area contributed by atoms with Gasteiger partial charge in [0.15, 0.2) is 17.5 Å². The van der Waals surface area contributed by atoms with E-state index in [4.69, 9.17) is 9.47 Å².